The highest BCUT2D eigenvalue weighted by molar-refractivity contribution is 5.57. The summed E-state index contributed by atoms with van der Waals surface area (Å²) in [4.78, 5) is 21.9. The molecule has 176 valence electrons. The standard InChI is InChI=1S/C28H23NO6/c30-27(31)34-20-26(21-16-18-25(19-17-21)29(32)33)35-28(22-10-4-1-5-11-22,23-12-6-2-7-13-23)24-14-8-3-9-15-24/h1-19,26H,20H2,(H,30,31). The lowest BCUT2D eigenvalue weighted by Crippen LogP contribution is -2.35. The van der Waals surface area contributed by atoms with Gasteiger partial charge in [-0.25, -0.2) is 4.79 Å². The van der Waals surface area contributed by atoms with Gasteiger partial charge in [0, 0.05) is 12.1 Å². The Bertz CT molecular complexity index is 1160. The Kier molecular flexibility index (Phi) is 7.18. The van der Waals surface area contributed by atoms with Gasteiger partial charge in [0.05, 0.1) is 4.92 Å². The van der Waals surface area contributed by atoms with Crippen molar-refractivity contribution in [3.8, 4) is 0 Å². The third-order valence-electron chi connectivity index (χ3n) is 5.69. The zero-order chi connectivity index (χ0) is 24.7. The Hall–Kier alpha value is -4.49. The van der Waals surface area contributed by atoms with Crippen molar-refractivity contribution in [2.75, 3.05) is 6.61 Å². The maximum absolute atomic E-state index is 11.3. The number of non-ortho nitro benzene ring substituents is 1. The van der Waals surface area contributed by atoms with E-state index in [-0.39, 0.29) is 12.3 Å². The molecule has 0 saturated heterocycles. The number of nitrogens with zero attached hydrogens (tertiary/aromatic N) is 1. The number of ether oxygens (including phenoxy) is 2. The summed E-state index contributed by atoms with van der Waals surface area (Å²) in [7, 11) is 0. The van der Waals surface area contributed by atoms with Crippen LogP contribution in [0.15, 0.2) is 115 Å². The molecule has 0 bridgehead atoms. The van der Waals surface area contributed by atoms with Crippen molar-refractivity contribution in [2.24, 2.45) is 0 Å². The molecule has 0 spiro atoms. The molecule has 1 atom stereocenters. The van der Waals surface area contributed by atoms with Crippen molar-refractivity contribution >= 4 is 11.8 Å². The van der Waals surface area contributed by atoms with Gasteiger partial charge in [0.15, 0.2) is 0 Å². The van der Waals surface area contributed by atoms with Gasteiger partial charge >= 0.3 is 6.16 Å². The number of nitro benzene ring substituents is 1. The average molecular weight is 469 g/mol. The van der Waals surface area contributed by atoms with Gasteiger partial charge in [-0.1, -0.05) is 91.0 Å². The summed E-state index contributed by atoms with van der Waals surface area (Å²) in [6.45, 7) is -0.304. The number of benzene rings is 4. The van der Waals surface area contributed by atoms with Gasteiger partial charge in [0.25, 0.3) is 5.69 Å². The largest absolute Gasteiger partial charge is 0.505 e. The highest BCUT2D eigenvalue weighted by Crippen LogP contribution is 2.44. The predicted molar refractivity (Wildman–Crippen MR) is 130 cm³/mol. The first kappa shape index (κ1) is 23.7. The Morgan fingerprint density at radius 1 is 0.771 bits per heavy atom. The number of carbonyl (C=O) groups is 1. The fraction of sp³-hybridized carbons (Fsp3) is 0.107. The Balaban J connectivity index is 1.91. The zero-order valence-electron chi connectivity index (χ0n) is 18.7. The summed E-state index contributed by atoms with van der Waals surface area (Å²) in [5.41, 5.74) is 1.84. The second-order valence-electron chi connectivity index (χ2n) is 7.81. The van der Waals surface area contributed by atoms with E-state index in [4.69, 9.17) is 9.47 Å². The predicted octanol–water partition coefficient (Wildman–Crippen LogP) is 6.34. The van der Waals surface area contributed by atoms with Crippen molar-refractivity contribution in [1.82, 2.24) is 0 Å². The lowest BCUT2D eigenvalue weighted by molar-refractivity contribution is -0.384. The molecule has 7 nitrogen and oxygen atoms in total. The third-order valence-corrected chi connectivity index (χ3v) is 5.69. The molecule has 1 N–H and O–H groups in total. The molecule has 4 rings (SSSR count). The van der Waals surface area contributed by atoms with E-state index in [1.165, 1.54) is 12.1 Å². The molecule has 0 heterocycles. The smallest absolute Gasteiger partial charge is 0.450 e. The van der Waals surface area contributed by atoms with Crippen LogP contribution in [0.2, 0.25) is 0 Å². The molecule has 7 heteroatoms. The SMILES string of the molecule is O=C(O)OCC(OC(c1ccccc1)(c1ccccc1)c1ccccc1)c1ccc([N+](=O)[O-])cc1. The minimum absolute atomic E-state index is 0.0768. The Morgan fingerprint density at radius 2 is 1.20 bits per heavy atom. The lowest BCUT2D eigenvalue weighted by Gasteiger charge is -2.39. The fourth-order valence-corrected chi connectivity index (χ4v) is 4.09. The number of carboxylic acid groups (broad SMARTS) is 1. The number of hydrogen-bond donors (Lipinski definition) is 1. The van der Waals surface area contributed by atoms with Crippen molar-refractivity contribution in [2.45, 2.75) is 11.7 Å². The highest BCUT2D eigenvalue weighted by atomic mass is 16.7. The number of nitro groups is 1. The molecule has 0 saturated carbocycles. The minimum atomic E-state index is -1.44. The first-order valence-electron chi connectivity index (χ1n) is 10.9. The van der Waals surface area contributed by atoms with Gasteiger partial charge in [-0.15, -0.1) is 0 Å². The maximum Gasteiger partial charge on any atom is 0.505 e. The summed E-state index contributed by atoms with van der Waals surface area (Å²) < 4.78 is 11.8. The Morgan fingerprint density at radius 3 is 1.57 bits per heavy atom. The topological polar surface area (TPSA) is 98.9 Å². The van der Waals surface area contributed by atoms with Crippen LogP contribution >= 0.6 is 0 Å². The molecule has 0 aromatic heterocycles. The van der Waals surface area contributed by atoms with Crippen LogP contribution in [-0.2, 0) is 15.1 Å². The monoisotopic (exact) mass is 469 g/mol. The maximum atomic E-state index is 11.3. The molecule has 0 amide bonds. The van der Waals surface area contributed by atoms with Crippen molar-refractivity contribution in [1.29, 1.82) is 0 Å². The fourth-order valence-electron chi connectivity index (χ4n) is 4.09. The molecule has 0 aliphatic carbocycles. The second-order valence-corrected chi connectivity index (χ2v) is 7.81. The van der Waals surface area contributed by atoms with E-state index < -0.39 is 22.8 Å². The summed E-state index contributed by atoms with van der Waals surface area (Å²) in [6.07, 6.45) is -2.31. The van der Waals surface area contributed by atoms with E-state index in [1.807, 2.05) is 91.0 Å². The molecule has 35 heavy (non-hydrogen) atoms. The normalized spacial score (nSPS) is 12.0. The third kappa shape index (κ3) is 5.20. The molecule has 0 radical (unpaired) electrons. The van der Waals surface area contributed by atoms with Crippen molar-refractivity contribution in [3.05, 3.63) is 148 Å². The summed E-state index contributed by atoms with van der Waals surface area (Å²) in [5, 5.41) is 20.4. The summed E-state index contributed by atoms with van der Waals surface area (Å²) in [5.74, 6) is 0. The van der Waals surface area contributed by atoms with Gasteiger partial charge < -0.3 is 14.6 Å². The minimum Gasteiger partial charge on any atom is -0.450 e. The van der Waals surface area contributed by atoms with Crippen molar-refractivity contribution < 1.29 is 24.3 Å². The quantitative estimate of drug-likeness (QED) is 0.133. The van der Waals surface area contributed by atoms with E-state index in [0.717, 1.165) is 16.7 Å². The molecule has 0 fully saturated rings. The average Bonchev–Trinajstić information content (AvgIpc) is 2.90. The van der Waals surface area contributed by atoms with Crippen LogP contribution in [0.4, 0.5) is 10.5 Å². The van der Waals surface area contributed by atoms with Crippen LogP contribution in [0.5, 0.6) is 0 Å². The van der Waals surface area contributed by atoms with Gasteiger partial charge in [-0.3, -0.25) is 10.1 Å². The Labute approximate surface area is 202 Å². The summed E-state index contributed by atoms with van der Waals surface area (Å²) >= 11 is 0. The zero-order valence-corrected chi connectivity index (χ0v) is 18.7. The van der Waals surface area contributed by atoms with Crippen LogP contribution in [0.1, 0.15) is 28.4 Å². The van der Waals surface area contributed by atoms with E-state index in [0.29, 0.717) is 5.56 Å². The van der Waals surface area contributed by atoms with Gasteiger partial charge in [0.1, 0.15) is 18.3 Å². The summed E-state index contributed by atoms with van der Waals surface area (Å²) in [6, 6.07) is 34.7. The highest BCUT2D eigenvalue weighted by Gasteiger charge is 2.40. The van der Waals surface area contributed by atoms with E-state index in [2.05, 4.69) is 0 Å². The van der Waals surface area contributed by atoms with E-state index >= 15 is 0 Å². The molecule has 1 unspecified atom stereocenters. The number of hydrogen-bond acceptors (Lipinski definition) is 5. The molecular formula is C28H23NO6. The van der Waals surface area contributed by atoms with Crippen LogP contribution < -0.4 is 0 Å². The van der Waals surface area contributed by atoms with E-state index in [1.54, 1.807) is 12.1 Å². The first-order valence-corrected chi connectivity index (χ1v) is 10.9. The van der Waals surface area contributed by atoms with Gasteiger partial charge in [0.2, 0.25) is 0 Å². The molecule has 4 aromatic carbocycles. The van der Waals surface area contributed by atoms with Gasteiger partial charge in [-0.05, 0) is 34.4 Å². The van der Waals surface area contributed by atoms with Crippen LogP contribution in [-0.4, -0.2) is 22.8 Å². The molecular weight excluding hydrogens is 446 g/mol. The molecule has 0 aliphatic rings. The first-order chi connectivity index (χ1) is 17.0. The number of rotatable bonds is 9. The molecule has 0 aliphatic heterocycles. The molecule has 4 aromatic rings. The van der Waals surface area contributed by atoms with Crippen LogP contribution in [0, 0.1) is 10.1 Å². The van der Waals surface area contributed by atoms with Crippen LogP contribution in [0.25, 0.3) is 0 Å². The lowest BCUT2D eigenvalue weighted by atomic mass is 9.79. The second kappa shape index (κ2) is 10.6. The van der Waals surface area contributed by atoms with E-state index in [9.17, 15) is 20.0 Å². The van der Waals surface area contributed by atoms with Gasteiger partial charge in [-0.2, -0.15) is 0 Å². The van der Waals surface area contributed by atoms with Crippen molar-refractivity contribution in [3.63, 3.8) is 0 Å². The van der Waals surface area contributed by atoms with Crippen LogP contribution in [0.3, 0.4) is 0 Å².